The normalized spacial score (nSPS) is 12.0. The van der Waals surface area contributed by atoms with Gasteiger partial charge >= 0.3 is 0 Å². The van der Waals surface area contributed by atoms with E-state index in [-0.39, 0.29) is 6.04 Å². The molecular formula is C13H17N3O3. The molecule has 3 N–H and O–H groups in total. The predicted octanol–water partition coefficient (Wildman–Crippen LogP) is 1.48. The van der Waals surface area contributed by atoms with E-state index in [4.69, 9.17) is 19.9 Å². The van der Waals surface area contributed by atoms with Crippen LogP contribution in [0.3, 0.4) is 0 Å². The first-order valence-corrected chi connectivity index (χ1v) is 5.76. The number of aromatic amines is 1. The summed E-state index contributed by atoms with van der Waals surface area (Å²) in [6.45, 7) is 0. The van der Waals surface area contributed by atoms with Crippen molar-refractivity contribution in [1.82, 2.24) is 9.97 Å². The molecule has 0 radical (unpaired) electrons. The molecule has 0 aliphatic rings. The highest BCUT2D eigenvalue weighted by Gasteiger charge is 2.18. The van der Waals surface area contributed by atoms with E-state index >= 15 is 0 Å². The van der Waals surface area contributed by atoms with Crippen LogP contribution in [0.25, 0.3) is 0 Å². The minimum Gasteiger partial charge on any atom is -0.493 e. The average Bonchev–Trinajstić information content (AvgIpc) is 2.98. The Labute approximate surface area is 111 Å². The number of methoxy groups -OCH3 is 3. The second-order valence-electron chi connectivity index (χ2n) is 3.91. The van der Waals surface area contributed by atoms with E-state index in [9.17, 15) is 0 Å². The van der Waals surface area contributed by atoms with E-state index in [1.54, 1.807) is 33.7 Å². The number of H-pyrrole nitrogens is 1. The van der Waals surface area contributed by atoms with Gasteiger partial charge < -0.3 is 24.9 Å². The summed E-state index contributed by atoms with van der Waals surface area (Å²) in [5.74, 6) is 2.35. The smallest absolute Gasteiger partial charge is 0.203 e. The summed E-state index contributed by atoms with van der Waals surface area (Å²) in [4.78, 5) is 7.14. The maximum Gasteiger partial charge on any atom is 0.203 e. The summed E-state index contributed by atoms with van der Waals surface area (Å²) in [7, 11) is 4.70. The van der Waals surface area contributed by atoms with E-state index in [2.05, 4.69) is 9.97 Å². The Morgan fingerprint density at radius 2 is 1.74 bits per heavy atom. The number of nitrogens with two attached hydrogens (primary N) is 1. The lowest BCUT2D eigenvalue weighted by molar-refractivity contribution is 0.323. The molecule has 102 valence electrons. The third kappa shape index (κ3) is 2.48. The number of ether oxygens (including phenoxy) is 3. The van der Waals surface area contributed by atoms with Gasteiger partial charge in [0.05, 0.1) is 27.4 Å². The van der Waals surface area contributed by atoms with E-state index in [1.165, 1.54) is 0 Å². The maximum absolute atomic E-state index is 6.15. The van der Waals surface area contributed by atoms with Crippen molar-refractivity contribution in [3.63, 3.8) is 0 Å². The fourth-order valence-electron chi connectivity index (χ4n) is 1.89. The topological polar surface area (TPSA) is 82.4 Å². The number of hydrogen-bond acceptors (Lipinski definition) is 5. The fraction of sp³-hybridized carbons (Fsp3) is 0.308. The Kier molecular flexibility index (Phi) is 3.91. The van der Waals surface area contributed by atoms with Crippen LogP contribution in [0.15, 0.2) is 24.5 Å². The van der Waals surface area contributed by atoms with E-state index in [0.29, 0.717) is 23.1 Å². The van der Waals surface area contributed by atoms with E-state index in [0.717, 1.165) is 5.56 Å². The SMILES string of the molecule is COc1cc(C(N)c2ncc[nH]2)cc(OC)c1OC. The van der Waals surface area contributed by atoms with Crippen LogP contribution in [0.5, 0.6) is 17.2 Å². The van der Waals surface area contributed by atoms with Crippen LogP contribution in [0.2, 0.25) is 0 Å². The molecule has 1 aromatic carbocycles. The van der Waals surface area contributed by atoms with Gasteiger partial charge in [0.15, 0.2) is 11.5 Å². The fourth-order valence-corrected chi connectivity index (χ4v) is 1.89. The molecule has 1 atom stereocenters. The second-order valence-corrected chi connectivity index (χ2v) is 3.91. The molecule has 0 fully saturated rings. The summed E-state index contributed by atoms with van der Waals surface area (Å²) in [5.41, 5.74) is 6.98. The number of aromatic nitrogens is 2. The number of hydrogen-bond donors (Lipinski definition) is 2. The average molecular weight is 263 g/mol. The van der Waals surface area contributed by atoms with Crippen molar-refractivity contribution in [2.24, 2.45) is 5.73 Å². The van der Waals surface area contributed by atoms with Crippen LogP contribution in [-0.4, -0.2) is 31.3 Å². The highest BCUT2D eigenvalue weighted by molar-refractivity contribution is 5.54. The first-order valence-electron chi connectivity index (χ1n) is 5.76. The second kappa shape index (κ2) is 5.62. The van der Waals surface area contributed by atoms with Crippen LogP contribution in [0.1, 0.15) is 17.4 Å². The van der Waals surface area contributed by atoms with Crippen molar-refractivity contribution in [3.8, 4) is 17.2 Å². The molecule has 0 bridgehead atoms. The zero-order valence-electron chi connectivity index (χ0n) is 11.1. The first kappa shape index (κ1) is 13.2. The highest BCUT2D eigenvalue weighted by atomic mass is 16.5. The highest BCUT2D eigenvalue weighted by Crippen LogP contribution is 2.39. The van der Waals surface area contributed by atoms with Crippen molar-refractivity contribution < 1.29 is 14.2 Å². The Morgan fingerprint density at radius 1 is 1.11 bits per heavy atom. The van der Waals surface area contributed by atoms with Crippen molar-refractivity contribution in [1.29, 1.82) is 0 Å². The van der Waals surface area contributed by atoms with Gasteiger partial charge in [-0.15, -0.1) is 0 Å². The lowest BCUT2D eigenvalue weighted by Crippen LogP contribution is -2.14. The summed E-state index contributed by atoms with van der Waals surface area (Å²) in [5, 5.41) is 0. The molecule has 19 heavy (non-hydrogen) atoms. The van der Waals surface area contributed by atoms with Gasteiger partial charge in [-0.1, -0.05) is 0 Å². The lowest BCUT2D eigenvalue weighted by atomic mass is 10.1. The number of rotatable bonds is 5. The van der Waals surface area contributed by atoms with Crippen LogP contribution in [-0.2, 0) is 0 Å². The molecule has 1 aromatic heterocycles. The zero-order chi connectivity index (χ0) is 13.8. The Hall–Kier alpha value is -2.21. The maximum atomic E-state index is 6.15. The molecule has 2 rings (SSSR count). The van der Waals surface area contributed by atoms with Crippen LogP contribution < -0.4 is 19.9 Å². The molecule has 0 saturated carbocycles. The summed E-state index contributed by atoms with van der Waals surface area (Å²) < 4.78 is 15.9. The molecule has 0 amide bonds. The molecule has 0 aliphatic carbocycles. The molecule has 0 spiro atoms. The van der Waals surface area contributed by atoms with Crippen molar-refractivity contribution in [3.05, 3.63) is 35.9 Å². The molecular weight excluding hydrogens is 246 g/mol. The monoisotopic (exact) mass is 263 g/mol. The summed E-state index contributed by atoms with van der Waals surface area (Å²) >= 11 is 0. The largest absolute Gasteiger partial charge is 0.493 e. The van der Waals surface area contributed by atoms with Gasteiger partial charge in [-0.05, 0) is 17.7 Å². The number of nitrogens with zero attached hydrogens (tertiary/aromatic N) is 1. The van der Waals surface area contributed by atoms with Gasteiger partial charge in [-0.25, -0.2) is 4.98 Å². The van der Waals surface area contributed by atoms with Gasteiger partial charge in [0.25, 0.3) is 0 Å². The molecule has 1 unspecified atom stereocenters. The van der Waals surface area contributed by atoms with Gasteiger partial charge in [0, 0.05) is 12.4 Å². The van der Waals surface area contributed by atoms with Gasteiger partial charge in [-0.3, -0.25) is 0 Å². The summed E-state index contributed by atoms with van der Waals surface area (Å²) in [6.07, 6.45) is 3.39. The zero-order valence-corrected chi connectivity index (χ0v) is 11.1. The van der Waals surface area contributed by atoms with E-state index < -0.39 is 0 Å². The Bertz CT molecular complexity index is 515. The van der Waals surface area contributed by atoms with Gasteiger partial charge in [-0.2, -0.15) is 0 Å². The minimum atomic E-state index is -0.385. The Balaban J connectivity index is 2.47. The van der Waals surface area contributed by atoms with Crippen molar-refractivity contribution in [2.45, 2.75) is 6.04 Å². The van der Waals surface area contributed by atoms with Crippen LogP contribution >= 0.6 is 0 Å². The molecule has 2 aromatic rings. The van der Waals surface area contributed by atoms with Crippen LogP contribution in [0, 0.1) is 0 Å². The first-order chi connectivity index (χ1) is 9.21. The molecule has 0 aliphatic heterocycles. The lowest BCUT2D eigenvalue weighted by Gasteiger charge is -2.16. The number of benzene rings is 1. The van der Waals surface area contributed by atoms with Crippen molar-refractivity contribution >= 4 is 0 Å². The predicted molar refractivity (Wildman–Crippen MR) is 70.7 cm³/mol. The van der Waals surface area contributed by atoms with Gasteiger partial charge in [0.1, 0.15) is 5.82 Å². The molecule has 6 nitrogen and oxygen atoms in total. The number of nitrogens with one attached hydrogen (secondary N) is 1. The standard InChI is InChI=1S/C13H17N3O3/c1-17-9-6-8(7-10(18-2)12(9)19-3)11(14)13-15-4-5-16-13/h4-7,11H,14H2,1-3H3,(H,15,16). The van der Waals surface area contributed by atoms with Crippen molar-refractivity contribution in [2.75, 3.05) is 21.3 Å². The summed E-state index contributed by atoms with van der Waals surface area (Å²) in [6, 6.07) is 3.24. The third-order valence-corrected chi connectivity index (χ3v) is 2.86. The van der Waals surface area contributed by atoms with Crippen LogP contribution in [0.4, 0.5) is 0 Å². The third-order valence-electron chi connectivity index (χ3n) is 2.86. The molecule has 1 heterocycles. The Morgan fingerprint density at radius 3 is 2.16 bits per heavy atom. The minimum absolute atomic E-state index is 0.385. The quantitative estimate of drug-likeness (QED) is 0.854. The molecule has 0 saturated heterocycles. The van der Waals surface area contributed by atoms with E-state index in [1.807, 2.05) is 12.1 Å². The number of imidazole rings is 1. The molecule has 6 heteroatoms. The van der Waals surface area contributed by atoms with Gasteiger partial charge in [0.2, 0.25) is 5.75 Å².